The van der Waals surface area contributed by atoms with E-state index in [4.69, 9.17) is 9.47 Å². The maximum atomic E-state index is 5.41. The Morgan fingerprint density at radius 3 is 2.50 bits per heavy atom. The molecule has 1 aromatic rings. The maximum Gasteiger partial charge on any atom is 0.139 e. The van der Waals surface area contributed by atoms with Crippen LogP contribution < -0.4 is 0 Å². The summed E-state index contributed by atoms with van der Waals surface area (Å²) < 4.78 is 10.5. The zero-order valence-electron chi connectivity index (χ0n) is 6.99. The van der Waals surface area contributed by atoms with Gasteiger partial charge < -0.3 is 9.47 Å². The fourth-order valence-corrected chi connectivity index (χ4v) is 1.35. The normalized spacial score (nSPS) is 20.1. The van der Waals surface area contributed by atoms with E-state index >= 15 is 0 Å². The molecule has 64 valence electrons. The predicted octanol–water partition coefficient (Wildman–Crippen LogP) is 0.954. The molecule has 0 aromatic carbocycles. The average Bonchev–Trinajstić information content (AvgIpc) is 2.05. The monoisotopic (exact) mass is 165 g/mol. The second kappa shape index (κ2) is 2.84. The van der Waals surface area contributed by atoms with Gasteiger partial charge in [-0.1, -0.05) is 0 Å². The van der Waals surface area contributed by atoms with Crippen LogP contribution in [-0.2, 0) is 15.1 Å². The van der Waals surface area contributed by atoms with Crippen LogP contribution >= 0.6 is 0 Å². The van der Waals surface area contributed by atoms with E-state index in [-0.39, 0.29) is 5.60 Å². The van der Waals surface area contributed by atoms with Gasteiger partial charge in [0.25, 0.3) is 0 Å². The molecule has 2 heterocycles. The first-order valence-corrected chi connectivity index (χ1v) is 3.91. The van der Waals surface area contributed by atoms with Gasteiger partial charge in [0.1, 0.15) is 5.60 Å². The minimum absolute atomic E-state index is 0.205. The van der Waals surface area contributed by atoms with E-state index in [1.165, 1.54) is 0 Å². The molecule has 1 fully saturated rings. The molecule has 0 spiro atoms. The number of ether oxygens (including phenoxy) is 2. The van der Waals surface area contributed by atoms with Gasteiger partial charge in [0.2, 0.25) is 0 Å². The molecule has 0 aliphatic carbocycles. The van der Waals surface area contributed by atoms with E-state index in [1.54, 1.807) is 19.5 Å². The number of hydrogen-bond acceptors (Lipinski definition) is 3. The van der Waals surface area contributed by atoms with Crippen molar-refractivity contribution in [2.24, 2.45) is 0 Å². The molecular formula is C9H11NO2. The van der Waals surface area contributed by atoms with Gasteiger partial charge in [0.05, 0.1) is 13.2 Å². The van der Waals surface area contributed by atoms with Crippen molar-refractivity contribution in [2.75, 3.05) is 20.3 Å². The predicted molar refractivity (Wildman–Crippen MR) is 43.7 cm³/mol. The van der Waals surface area contributed by atoms with Gasteiger partial charge in [-0.2, -0.15) is 0 Å². The highest BCUT2D eigenvalue weighted by Crippen LogP contribution is 2.32. The smallest absolute Gasteiger partial charge is 0.139 e. The molecule has 0 amide bonds. The lowest BCUT2D eigenvalue weighted by Crippen LogP contribution is -2.48. The summed E-state index contributed by atoms with van der Waals surface area (Å²) in [6, 6.07) is 3.93. The summed E-state index contributed by atoms with van der Waals surface area (Å²) in [5.74, 6) is 0. The molecule has 0 radical (unpaired) electrons. The summed E-state index contributed by atoms with van der Waals surface area (Å²) in [6.07, 6.45) is 3.54. The molecule has 0 atom stereocenters. The minimum Gasteiger partial charge on any atom is -0.375 e. The van der Waals surface area contributed by atoms with Crippen molar-refractivity contribution in [3.05, 3.63) is 30.1 Å². The van der Waals surface area contributed by atoms with Crippen LogP contribution in [0.4, 0.5) is 0 Å². The molecule has 0 bridgehead atoms. The summed E-state index contributed by atoms with van der Waals surface area (Å²) in [5, 5.41) is 0. The SMILES string of the molecule is COC1(c2ccncc2)COC1. The van der Waals surface area contributed by atoms with E-state index < -0.39 is 0 Å². The van der Waals surface area contributed by atoms with Crippen LogP contribution in [0.15, 0.2) is 24.5 Å². The summed E-state index contributed by atoms with van der Waals surface area (Å²) in [6.45, 7) is 1.29. The Hall–Kier alpha value is -0.930. The zero-order chi connectivity index (χ0) is 8.44. The van der Waals surface area contributed by atoms with Gasteiger partial charge in [0.15, 0.2) is 0 Å². The molecule has 1 aliphatic rings. The third-order valence-corrected chi connectivity index (χ3v) is 2.27. The highest BCUT2D eigenvalue weighted by atomic mass is 16.6. The van der Waals surface area contributed by atoms with Crippen molar-refractivity contribution in [3.8, 4) is 0 Å². The Balaban J connectivity index is 2.28. The molecule has 1 aliphatic heterocycles. The summed E-state index contributed by atoms with van der Waals surface area (Å²) in [5.41, 5.74) is 0.939. The third-order valence-electron chi connectivity index (χ3n) is 2.27. The van der Waals surface area contributed by atoms with E-state index in [9.17, 15) is 0 Å². The van der Waals surface area contributed by atoms with Gasteiger partial charge >= 0.3 is 0 Å². The Kier molecular flexibility index (Phi) is 1.83. The van der Waals surface area contributed by atoms with E-state index in [2.05, 4.69) is 4.98 Å². The number of methoxy groups -OCH3 is 1. The molecule has 0 saturated carbocycles. The minimum atomic E-state index is -0.205. The van der Waals surface area contributed by atoms with E-state index in [0.717, 1.165) is 5.56 Å². The van der Waals surface area contributed by atoms with E-state index in [0.29, 0.717) is 13.2 Å². The van der Waals surface area contributed by atoms with Crippen molar-refractivity contribution in [3.63, 3.8) is 0 Å². The second-order valence-electron chi connectivity index (χ2n) is 2.93. The van der Waals surface area contributed by atoms with Crippen LogP contribution in [0, 0.1) is 0 Å². The number of pyridine rings is 1. The zero-order valence-corrected chi connectivity index (χ0v) is 6.99. The number of aromatic nitrogens is 1. The van der Waals surface area contributed by atoms with Crippen LogP contribution in [0.1, 0.15) is 5.56 Å². The molecule has 2 rings (SSSR count). The van der Waals surface area contributed by atoms with Crippen molar-refractivity contribution in [1.29, 1.82) is 0 Å². The highest BCUT2D eigenvalue weighted by molar-refractivity contribution is 5.22. The van der Waals surface area contributed by atoms with Crippen molar-refractivity contribution < 1.29 is 9.47 Å². The summed E-state index contributed by atoms with van der Waals surface area (Å²) >= 11 is 0. The number of rotatable bonds is 2. The average molecular weight is 165 g/mol. The standard InChI is InChI=1S/C9H11NO2/c1-11-9(6-12-7-9)8-2-4-10-5-3-8/h2-5H,6-7H2,1H3. The molecule has 0 N–H and O–H groups in total. The first-order chi connectivity index (χ1) is 5.87. The Labute approximate surface area is 71.3 Å². The summed E-state index contributed by atoms with van der Waals surface area (Å²) in [4.78, 5) is 3.96. The highest BCUT2D eigenvalue weighted by Gasteiger charge is 2.40. The second-order valence-corrected chi connectivity index (χ2v) is 2.93. The lowest BCUT2D eigenvalue weighted by atomic mass is 9.93. The molecule has 1 saturated heterocycles. The van der Waals surface area contributed by atoms with Crippen molar-refractivity contribution in [2.45, 2.75) is 5.60 Å². The maximum absolute atomic E-state index is 5.41. The molecule has 0 unspecified atom stereocenters. The van der Waals surface area contributed by atoms with Gasteiger partial charge in [-0.25, -0.2) is 0 Å². The van der Waals surface area contributed by atoms with Crippen LogP contribution in [0.2, 0.25) is 0 Å². The van der Waals surface area contributed by atoms with Crippen molar-refractivity contribution in [1.82, 2.24) is 4.98 Å². The molecule has 1 aromatic heterocycles. The van der Waals surface area contributed by atoms with Gasteiger partial charge in [-0.3, -0.25) is 4.98 Å². The third kappa shape index (κ3) is 1.02. The molecular weight excluding hydrogens is 154 g/mol. The largest absolute Gasteiger partial charge is 0.375 e. The number of hydrogen-bond donors (Lipinski definition) is 0. The lowest BCUT2D eigenvalue weighted by molar-refractivity contribution is -0.202. The van der Waals surface area contributed by atoms with Crippen LogP contribution in [-0.4, -0.2) is 25.3 Å². The van der Waals surface area contributed by atoms with E-state index in [1.807, 2.05) is 12.1 Å². The van der Waals surface area contributed by atoms with Gasteiger partial charge in [-0.15, -0.1) is 0 Å². The Bertz CT molecular complexity index is 251. The van der Waals surface area contributed by atoms with Gasteiger partial charge in [0, 0.05) is 19.5 Å². The van der Waals surface area contributed by atoms with Crippen LogP contribution in [0.25, 0.3) is 0 Å². The topological polar surface area (TPSA) is 31.4 Å². The first-order valence-electron chi connectivity index (χ1n) is 3.91. The van der Waals surface area contributed by atoms with Crippen LogP contribution in [0.5, 0.6) is 0 Å². The fraction of sp³-hybridized carbons (Fsp3) is 0.444. The summed E-state index contributed by atoms with van der Waals surface area (Å²) in [7, 11) is 1.71. The Morgan fingerprint density at radius 1 is 1.42 bits per heavy atom. The number of nitrogens with zero attached hydrogens (tertiary/aromatic N) is 1. The molecule has 3 heteroatoms. The quantitative estimate of drug-likeness (QED) is 0.654. The van der Waals surface area contributed by atoms with Crippen LogP contribution in [0.3, 0.4) is 0 Å². The first kappa shape index (κ1) is 7.71. The van der Waals surface area contributed by atoms with Crippen molar-refractivity contribution >= 4 is 0 Å². The fourth-order valence-electron chi connectivity index (χ4n) is 1.35. The lowest BCUT2D eigenvalue weighted by Gasteiger charge is -2.40. The Morgan fingerprint density at radius 2 is 2.08 bits per heavy atom. The molecule has 12 heavy (non-hydrogen) atoms. The molecule has 3 nitrogen and oxygen atoms in total. The van der Waals surface area contributed by atoms with Gasteiger partial charge in [-0.05, 0) is 17.7 Å².